The summed E-state index contributed by atoms with van der Waals surface area (Å²) in [7, 11) is 0. The van der Waals surface area contributed by atoms with Crippen LogP contribution in [-0.4, -0.2) is 6.04 Å². The summed E-state index contributed by atoms with van der Waals surface area (Å²) in [4.78, 5) is 0. The fraction of sp³-hybridized carbons (Fsp3) is 0.467. The standard InChI is InChI=1S/C15H20BrN/c16-14-9-5-6-12(10-14)11-15(17)13-7-3-1-2-4-8-13/h5-7,9-10,15H,1-4,8,11,17H2. The van der Waals surface area contributed by atoms with E-state index in [-0.39, 0.29) is 6.04 Å². The van der Waals surface area contributed by atoms with E-state index in [2.05, 4.69) is 46.3 Å². The molecule has 2 N–H and O–H groups in total. The Morgan fingerprint density at radius 3 is 2.94 bits per heavy atom. The Balaban J connectivity index is 2.00. The Labute approximate surface area is 112 Å². The Morgan fingerprint density at radius 2 is 2.12 bits per heavy atom. The van der Waals surface area contributed by atoms with E-state index in [4.69, 9.17) is 5.73 Å². The molecule has 17 heavy (non-hydrogen) atoms. The summed E-state index contributed by atoms with van der Waals surface area (Å²) < 4.78 is 1.14. The fourth-order valence-electron chi connectivity index (χ4n) is 2.43. The van der Waals surface area contributed by atoms with Gasteiger partial charge >= 0.3 is 0 Å². The third-order valence-electron chi connectivity index (χ3n) is 3.40. The number of rotatable bonds is 3. The van der Waals surface area contributed by atoms with Gasteiger partial charge in [0.2, 0.25) is 0 Å². The molecule has 1 atom stereocenters. The molecule has 0 saturated carbocycles. The summed E-state index contributed by atoms with van der Waals surface area (Å²) in [5.74, 6) is 0. The van der Waals surface area contributed by atoms with E-state index in [0.717, 1.165) is 10.9 Å². The third-order valence-corrected chi connectivity index (χ3v) is 3.89. The molecule has 1 unspecified atom stereocenters. The second kappa shape index (κ2) is 6.36. The minimum absolute atomic E-state index is 0.197. The molecule has 2 rings (SSSR count). The molecule has 0 aromatic heterocycles. The van der Waals surface area contributed by atoms with Crippen molar-refractivity contribution >= 4 is 15.9 Å². The number of hydrogen-bond acceptors (Lipinski definition) is 1. The van der Waals surface area contributed by atoms with E-state index >= 15 is 0 Å². The van der Waals surface area contributed by atoms with Crippen molar-refractivity contribution < 1.29 is 0 Å². The van der Waals surface area contributed by atoms with Crippen molar-refractivity contribution in [2.75, 3.05) is 0 Å². The van der Waals surface area contributed by atoms with E-state index in [9.17, 15) is 0 Å². The van der Waals surface area contributed by atoms with Gasteiger partial charge in [0.05, 0.1) is 0 Å². The lowest BCUT2D eigenvalue weighted by Crippen LogP contribution is -2.25. The predicted octanol–water partition coefficient (Wildman–Crippen LogP) is 4.21. The van der Waals surface area contributed by atoms with E-state index in [1.54, 1.807) is 0 Å². The van der Waals surface area contributed by atoms with Crippen molar-refractivity contribution in [1.82, 2.24) is 0 Å². The highest BCUT2D eigenvalue weighted by Crippen LogP contribution is 2.21. The largest absolute Gasteiger partial charge is 0.324 e. The summed E-state index contributed by atoms with van der Waals surface area (Å²) in [6, 6.07) is 8.65. The first kappa shape index (κ1) is 12.8. The Bertz CT molecular complexity index is 398. The van der Waals surface area contributed by atoms with Crippen molar-refractivity contribution in [3.05, 3.63) is 46.0 Å². The highest BCUT2D eigenvalue weighted by atomic mass is 79.9. The topological polar surface area (TPSA) is 26.0 Å². The van der Waals surface area contributed by atoms with Crippen LogP contribution in [0.5, 0.6) is 0 Å². The van der Waals surface area contributed by atoms with Gasteiger partial charge in [-0.2, -0.15) is 0 Å². The SMILES string of the molecule is NC(Cc1cccc(Br)c1)C1=CCCCCC1. The molecule has 0 aliphatic heterocycles. The molecule has 92 valence electrons. The van der Waals surface area contributed by atoms with E-state index in [1.165, 1.54) is 43.2 Å². The van der Waals surface area contributed by atoms with Crippen LogP contribution in [-0.2, 0) is 6.42 Å². The fourth-order valence-corrected chi connectivity index (χ4v) is 2.87. The van der Waals surface area contributed by atoms with Gasteiger partial charge in [-0.3, -0.25) is 0 Å². The van der Waals surface area contributed by atoms with E-state index in [0.29, 0.717) is 0 Å². The number of allylic oxidation sites excluding steroid dienone is 1. The van der Waals surface area contributed by atoms with Crippen LogP contribution in [0.3, 0.4) is 0 Å². The van der Waals surface area contributed by atoms with Crippen molar-refractivity contribution in [3.63, 3.8) is 0 Å². The van der Waals surface area contributed by atoms with Crippen LogP contribution in [0.4, 0.5) is 0 Å². The first-order chi connectivity index (χ1) is 8.25. The minimum atomic E-state index is 0.197. The van der Waals surface area contributed by atoms with E-state index in [1.807, 2.05) is 0 Å². The molecule has 1 aliphatic carbocycles. The Kier molecular flexibility index (Phi) is 4.81. The summed E-state index contributed by atoms with van der Waals surface area (Å²) in [5.41, 5.74) is 9.09. The minimum Gasteiger partial charge on any atom is -0.324 e. The number of benzene rings is 1. The van der Waals surface area contributed by atoms with Crippen LogP contribution >= 0.6 is 15.9 Å². The van der Waals surface area contributed by atoms with Crippen LogP contribution in [0.1, 0.15) is 37.7 Å². The molecule has 1 aromatic carbocycles. The van der Waals surface area contributed by atoms with Crippen LogP contribution in [0.25, 0.3) is 0 Å². The van der Waals surface area contributed by atoms with Gasteiger partial charge in [0, 0.05) is 10.5 Å². The third kappa shape index (κ3) is 3.97. The maximum Gasteiger partial charge on any atom is 0.0294 e. The zero-order chi connectivity index (χ0) is 12.1. The van der Waals surface area contributed by atoms with Gasteiger partial charge < -0.3 is 5.73 Å². The molecular weight excluding hydrogens is 274 g/mol. The predicted molar refractivity (Wildman–Crippen MR) is 77.0 cm³/mol. The van der Waals surface area contributed by atoms with Crippen LogP contribution in [0, 0.1) is 0 Å². The lowest BCUT2D eigenvalue weighted by atomic mass is 9.96. The number of hydrogen-bond donors (Lipinski definition) is 1. The Morgan fingerprint density at radius 1 is 1.24 bits per heavy atom. The molecule has 0 radical (unpaired) electrons. The van der Waals surface area contributed by atoms with Gasteiger partial charge in [-0.25, -0.2) is 0 Å². The molecule has 0 saturated heterocycles. The average molecular weight is 294 g/mol. The van der Waals surface area contributed by atoms with Crippen molar-refractivity contribution in [1.29, 1.82) is 0 Å². The zero-order valence-electron chi connectivity index (χ0n) is 10.2. The van der Waals surface area contributed by atoms with Crippen LogP contribution < -0.4 is 5.73 Å². The molecule has 0 spiro atoms. The molecular formula is C15H20BrN. The molecule has 1 aromatic rings. The highest BCUT2D eigenvalue weighted by molar-refractivity contribution is 9.10. The van der Waals surface area contributed by atoms with Crippen molar-refractivity contribution in [2.24, 2.45) is 5.73 Å². The average Bonchev–Trinajstić information content (AvgIpc) is 2.57. The second-order valence-corrected chi connectivity index (χ2v) is 5.73. The van der Waals surface area contributed by atoms with E-state index < -0.39 is 0 Å². The van der Waals surface area contributed by atoms with Gasteiger partial charge in [-0.15, -0.1) is 0 Å². The summed E-state index contributed by atoms with van der Waals surface area (Å²) in [6.07, 6.45) is 9.70. The molecule has 0 fully saturated rings. The first-order valence-electron chi connectivity index (χ1n) is 6.44. The van der Waals surface area contributed by atoms with Gasteiger partial charge in [0.25, 0.3) is 0 Å². The normalized spacial score (nSPS) is 18.4. The maximum absolute atomic E-state index is 6.32. The zero-order valence-corrected chi connectivity index (χ0v) is 11.7. The maximum atomic E-state index is 6.32. The summed E-state index contributed by atoms with van der Waals surface area (Å²) >= 11 is 3.51. The molecule has 1 nitrogen and oxygen atoms in total. The molecule has 0 heterocycles. The molecule has 1 aliphatic rings. The molecule has 2 heteroatoms. The van der Waals surface area contributed by atoms with Gasteiger partial charge in [-0.05, 0) is 49.8 Å². The second-order valence-electron chi connectivity index (χ2n) is 4.82. The molecule has 0 bridgehead atoms. The van der Waals surface area contributed by atoms with Crippen LogP contribution in [0.15, 0.2) is 40.4 Å². The van der Waals surface area contributed by atoms with Crippen LogP contribution in [0.2, 0.25) is 0 Å². The monoisotopic (exact) mass is 293 g/mol. The summed E-state index contributed by atoms with van der Waals surface area (Å²) in [6.45, 7) is 0. The molecule has 0 amide bonds. The van der Waals surface area contributed by atoms with Gasteiger partial charge in [0.1, 0.15) is 0 Å². The lowest BCUT2D eigenvalue weighted by Gasteiger charge is -2.15. The number of nitrogens with two attached hydrogens (primary N) is 1. The van der Waals surface area contributed by atoms with Crippen molar-refractivity contribution in [2.45, 2.75) is 44.6 Å². The first-order valence-corrected chi connectivity index (χ1v) is 7.24. The van der Waals surface area contributed by atoms with Gasteiger partial charge in [-0.1, -0.05) is 46.1 Å². The smallest absolute Gasteiger partial charge is 0.0294 e. The van der Waals surface area contributed by atoms with Crippen molar-refractivity contribution in [3.8, 4) is 0 Å². The summed E-state index contributed by atoms with van der Waals surface area (Å²) in [5, 5.41) is 0. The Hall–Kier alpha value is -0.600. The number of halogens is 1. The lowest BCUT2D eigenvalue weighted by molar-refractivity contribution is 0.671. The van der Waals surface area contributed by atoms with Gasteiger partial charge in [0.15, 0.2) is 0 Å². The highest BCUT2D eigenvalue weighted by Gasteiger charge is 2.12. The quantitative estimate of drug-likeness (QED) is 0.830.